The summed E-state index contributed by atoms with van der Waals surface area (Å²) in [6.45, 7) is 4.00. The molecule has 0 radical (unpaired) electrons. The highest BCUT2D eigenvalue weighted by Crippen LogP contribution is 2.46. The molecule has 1 aromatic heterocycles. The zero-order valence-electron chi connectivity index (χ0n) is 20.2. The van der Waals surface area contributed by atoms with E-state index in [0.29, 0.717) is 22.9 Å². The smallest absolute Gasteiger partial charge is 0.410 e. The number of likely N-dealkylation sites (tertiary alicyclic amines) is 1. The molecule has 4 rings (SSSR count). The van der Waals surface area contributed by atoms with Crippen LogP contribution in [0, 0.1) is 5.92 Å². The summed E-state index contributed by atoms with van der Waals surface area (Å²) in [5.74, 6) is -3.65. The maximum absolute atomic E-state index is 14.2. The molecule has 194 valence electrons. The van der Waals surface area contributed by atoms with E-state index in [4.69, 9.17) is 4.74 Å². The maximum Gasteiger partial charge on any atom is 0.410 e. The number of halogens is 3. The molecule has 1 aromatic carbocycles. The number of fused-ring (bicyclic) bond motifs is 1. The van der Waals surface area contributed by atoms with Crippen LogP contribution in [0.1, 0.15) is 57.1 Å². The van der Waals surface area contributed by atoms with Crippen LogP contribution in [0.25, 0.3) is 10.9 Å². The molecule has 2 aliphatic heterocycles. The van der Waals surface area contributed by atoms with Gasteiger partial charge in [-0.2, -0.15) is 13.2 Å². The van der Waals surface area contributed by atoms with Crippen molar-refractivity contribution < 1.29 is 37.4 Å². The molecule has 3 amide bonds. The highest BCUT2D eigenvalue weighted by molar-refractivity contribution is 6.01. The van der Waals surface area contributed by atoms with Crippen LogP contribution < -0.4 is 5.32 Å². The predicted octanol–water partition coefficient (Wildman–Crippen LogP) is 3.76. The molecule has 3 atom stereocenters. The second kappa shape index (κ2) is 9.02. The van der Waals surface area contributed by atoms with Gasteiger partial charge in [0.15, 0.2) is 0 Å². The van der Waals surface area contributed by atoms with Crippen molar-refractivity contribution in [3.05, 3.63) is 41.6 Å². The number of rotatable bonds is 2. The molecule has 3 unspecified atom stereocenters. The van der Waals surface area contributed by atoms with Gasteiger partial charge in [-0.25, -0.2) is 4.79 Å². The lowest BCUT2D eigenvalue weighted by Crippen LogP contribution is -2.57. The summed E-state index contributed by atoms with van der Waals surface area (Å²) in [5.41, 5.74) is -2.10. The minimum atomic E-state index is -4.79. The van der Waals surface area contributed by atoms with E-state index in [1.54, 1.807) is 26.8 Å². The van der Waals surface area contributed by atoms with E-state index < -0.39 is 47.8 Å². The Hall–Kier alpha value is -3.21. The summed E-state index contributed by atoms with van der Waals surface area (Å²) >= 11 is 0. The normalized spacial score (nSPS) is 25.6. The molecule has 3 heterocycles. The highest BCUT2D eigenvalue weighted by atomic mass is 19.4. The molecule has 2 N–H and O–H groups in total. The van der Waals surface area contributed by atoms with Gasteiger partial charge in [-0.15, -0.1) is 0 Å². The fourth-order valence-corrected chi connectivity index (χ4v) is 4.77. The zero-order valence-corrected chi connectivity index (χ0v) is 20.2. The van der Waals surface area contributed by atoms with Crippen LogP contribution in [0.4, 0.5) is 18.0 Å². The minimum absolute atomic E-state index is 0.0448. The van der Waals surface area contributed by atoms with Crippen molar-refractivity contribution >= 4 is 28.8 Å². The number of amides is 3. The number of imide groups is 1. The summed E-state index contributed by atoms with van der Waals surface area (Å²) < 4.78 is 47.7. The Kier molecular flexibility index (Phi) is 6.48. The molecule has 8 nitrogen and oxygen atoms in total. The fraction of sp³-hybridized carbons (Fsp3) is 0.520. The number of alkyl halides is 3. The quantitative estimate of drug-likeness (QED) is 0.600. The van der Waals surface area contributed by atoms with E-state index >= 15 is 0 Å². The van der Waals surface area contributed by atoms with E-state index in [9.17, 15) is 32.7 Å². The SMILES string of the molecule is CC(C)(C)OC(=O)N1CCC(O)(c2ccc3ncc(C4CCC(=O)NC4=O)cc3c2)C(C(F)(F)F)C1. The summed E-state index contributed by atoms with van der Waals surface area (Å²) in [7, 11) is 0. The number of carbonyl (C=O) groups is 3. The van der Waals surface area contributed by atoms with E-state index in [1.807, 2.05) is 0 Å². The molecule has 2 aromatic rings. The van der Waals surface area contributed by atoms with Gasteiger partial charge < -0.3 is 14.7 Å². The molecule has 11 heteroatoms. The molecule has 0 spiro atoms. The molecule has 2 saturated heterocycles. The van der Waals surface area contributed by atoms with E-state index in [1.165, 1.54) is 24.4 Å². The Bertz CT molecular complexity index is 1210. The van der Waals surface area contributed by atoms with Gasteiger partial charge in [0.25, 0.3) is 0 Å². The zero-order chi connectivity index (χ0) is 26.5. The van der Waals surface area contributed by atoms with Gasteiger partial charge >= 0.3 is 12.3 Å². The molecule has 36 heavy (non-hydrogen) atoms. The number of benzene rings is 1. The first-order chi connectivity index (χ1) is 16.7. The highest BCUT2D eigenvalue weighted by Gasteiger charge is 2.57. The van der Waals surface area contributed by atoms with Crippen LogP contribution >= 0.6 is 0 Å². The number of hydrogen-bond acceptors (Lipinski definition) is 6. The standard InChI is InChI=1S/C25H28F3N3O5/c1-23(2,3)36-22(34)31-9-8-24(35,19(13-31)25(26,27)28)16-4-6-18-14(11-16)10-15(12-29-18)17-5-7-20(32)30-21(17)33/h4,6,10-12,17,19,35H,5,7-9,13H2,1-3H3,(H,30,32,33). The molecule has 0 bridgehead atoms. The summed E-state index contributed by atoms with van der Waals surface area (Å²) in [6, 6.07) is 6.01. The van der Waals surface area contributed by atoms with Gasteiger partial charge in [-0.3, -0.25) is 19.9 Å². The molecule has 2 aliphatic rings. The van der Waals surface area contributed by atoms with Gasteiger partial charge in [-0.05, 0) is 62.9 Å². The second-order valence-corrected chi connectivity index (χ2v) is 10.4. The topological polar surface area (TPSA) is 109 Å². The first-order valence-corrected chi connectivity index (χ1v) is 11.7. The summed E-state index contributed by atoms with van der Waals surface area (Å²) in [6.07, 6.45) is -4.02. The Morgan fingerprint density at radius 3 is 2.58 bits per heavy atom. The van der Waals surface area contributed by atoms with Crippen molar-refractivity contribution in [1.82, 2.24) is 15.2 Å². The molecular weight excluding hydrogens is 479 g/mol. The average molecular weight is 508 g/mol. The lowest BCUT2D eigenvalue weighted by atomic mass is 9.75. The van der Waals surface area contributed by atoms with Crippen LogP contribution in [0.3, 0.4) is 0 Å². The van der Waals surface area contributed by atoms with Crippen molar-refractivity contribution in [2.75, 3.05) is 13.1 Å². The third-order valence-electron chi connectivity index (χ3n) is 6.63. The number of hydrogen-bond donors (Lipinski definition) is 2. The third kappa shape index (κ3) is 5.16. The second-order valence-electron chi connectivity index (χ2n) is 10.4. The Labute approximate surface area is 205 Å². The van der Waals surface area contributed by atoms with Gasteiger partial charge in [-0.1, -0.05) is 6.07 Å². The van der Waals surface area contributed by atoms with Gasteiger partial charge in [0.05, 0.1) is 11.4 Å². The summed E-state index contributed by atoms with van der Waals surface area (Å²) in [5, 5.41) is 14.1. The number of nitrogens with one attached hydrogen (secondary N) is 1. The van der Waals surface area contributed by atoms with Crippen molar-refractivity contribution in [2.45, 2.75) is 63.3 Å². The lowest BCUT2D eigenvalue weighted by molar-refractivity contribution is -0.245. The fourth-order valence-electron chi connectivity index (χ4n) is 4.77. The van der Waals surface area contributed by atoms with Crippen LogP contribution in [0.2, 0.25) is 0 Å². The third-order valence-corrected chi connectivity index (χ3v) is 6.63. The van der Waals surface area contributed by atoms with E-state index in [-0.39, 0.29) is 30.9 Å². The number of carbonyl (C=O) groups excluding carboxylic acids is 3. The molecule has 0 aliphatic carbocycles. The summed E-state index contributed by atoms with van der Waals surface area (Å²) in [4.78, 5) is 41.5. The Morgan fingerprint density at radius 1 is 1.22 bits per heavy atom. The van der Waals surface area contributed by atoms with Crippen molar-refractivity contribution in [2.24, 2.45) is 5.92 Å². The number of aliphatic hydroxyl groups is 1. The van der Waals surface area contributed by atoms with Crippen LogP contribution in [-0.4, -0.2) is 57.8 Å². The monoisotopic (exact) mass is 507 g/mol. The predicted molar refractivity (Wildman–Crippen MR) is 123 cm³/mol. The van der Waals surface area contributed by atoms with Crippen molar-refractivity contribution in [1.29, 1.82) is 0 Å². The number of nitrogens with zero attached hydrogens (tertiary/aromatic N) is 2. The lowest BCUT2D eigenvalue weighted by Gasteiger charge is -2.45. The Morgan fingerprint density at radius 2 is 1.94 bits per heavy atom. The van der Waals surface area contributed by atoms with Crippen LogP contribution in [-0.2, 0) is 19.9 Å². The Balaban J connectivity index is 1.66. The maximum atomic E-state index is 14.2. The van der Waals surface area contributed by atoms with Gasteiger partial charge in [0.1, 0.15) is 17.1 Å². The minimum Gasteiger partial charge on any atom is -0.444 e. The molecular formula is C25H28F3N3O5. The number of aromatic nitrogens is 1. The number of pyridine rings is 1. The van der Waals surface area contributed by atoms with Crippen molar-refractivity contribution in [3.63, 3.8) is 0 Å². The first kappa shape index (κ1) is 25.9. The molecule has 2 fully saturated rings. The molecule has 0 saturated carbocycles. The van der Waals surface area contributed by atoms with Crippen molar-refractivity contribution in [3.8, 4) is 0 Å². The average Bonchev–Trinajstić information content (AvgIpc) is 2.76. The van der Waals surface area contributed by atoms with Crippen LogP contribution in [0.5, 0.6) is 0 Å². The van der Waals surface area contributed by atoms with E-state index in [0.717, 1.165) is 4.90 Å². The largest absolute Gasteiger partial charge is 0.444 e. The number of ether oxygens (including phenoxy) is 1. The van der Waals surface area contributed by atoms with E-state index in [2.05, 4.69) is 10.3 Å². The number of piperidine rings is 2. The first-order valence-electron chi connectivity index (χ1n) is 11.7. The van der Waals surface area contributed by atoms with Gasteiger partial charge in [0.2, 0.25) is 11.8 Å². The van der Waals surface area contributed by atoms with Crippen LogP contribution in [0.15, 0.2) is 30.5 Å². The van der Waals surface area contributed by atoms with Gasteiger partial charge in [0, 0.05) is 31.1 Å².